The van der Waals surface area contributed by atoms with Gasteiger partial charge in [0, 0.05) is 91.3 Å². The Morgan fingerprint density at radius 2 is 0.968 bits per heavy atom. The summed E-state index contributed by atoms with van der Waals surface area (Å²) in [5, 5.41) is 1.38. The molecule has 9 aromatic rings. The molecule has 4 nitrogen and oxygen atoms in total. The molecule has 0 aliphatic rings. The Labute approximate surface area is 410 Å². The average molecular weight is 1360 g/mol. The van der Waals surface area contributed by atoms with Crippen molar-refractivity contribution in [1.29, 1.82) is 0 Å². The van der Waals surface area contributed by atoms with Gasteiger partial charge in [-0.15, -0.1) is 107 Å². The Kier molecular flexibility index (Phi) is 25.6. The number of hydrogen-bond acceptors (Lipinski definition) is 4. The topological polar surface area (TPSA) is 51.6 Å². The van der Waals surface area contributed by atoms with Gasteiger partial charge in [-0.05, 0) is 52.1 Å². The number of pyridine rings is 4. The fraction of sp³-hybridized carbons (Fsp3) is 0.0741. The molecule has 0 saturated heterocycles. The molecule has 0 amide bonds. The van der Waals surface area contributed by atoms with Crippen LogP contribution in [0.15, 0.2) is 219 Å². The van der Waals surface area contributed by atoms with Crippen molar-refractivity contribution in [3.8, 4) is 44.9 Å². The van der Waals surface area contributed by atoms with Gasteiger partial charge in [-0.3, -0.25) is 4.98 Å². The summed E-state index contributed by atoms with van der Waals surface area (Å²) >= 11 is 0. The number of aryl methyl sites for hydroxylation is 1. The van der Waals surface area contributed by atoms with Crippen LogP contribution in [0, 0.1) is 31.2 Å². The van der Waals surface area contributed by atoms with Crippen LogP contribution in [0.4, 0.5) is 0 Å². The van der Waals surface area contributed by atoms with E-state index in [1.165, 1.54) is 21.9 Å². The van der Waals surface area contributed by atoms with Crippen LogP contribution in [0.3, 0.4) is 0 Å². The maximum Gasteiger partial charge on any atom is 0.0795 e. The van der Waals surface area contributed by atoms with E-state index in [0.29, 0.717) is 0 Å². The van der Waals surface area contributed by atoms with E-state index < -0.39 is 8.07 Å². The maximum absolute atomic E-state index is 4.65. The molecule has 0 atom stereocenters. The molecule has 0 saturated carbocycles. The minimum Gasteiger partial charge on any atom is -0.305 e. The minimum atomic E-state index is -1.29. The predicted octanol–water partition coefficient (Wildman–Crippen LogP) is 12.7. The standard InChI is InChI=1S/C20H20NSi.C12H10N.C11H8N.C6H5.C5H5N.3Ir/c1-22(2,3)19-12-13-20(21-15-19)18-11-7-10-17(14-18)16-8-5-4-6-9-16;1-10-5-7-11(8-6-10)12-4-2-3-9-13-12;1-2-6-10(7-3-1)11-8-4-5-9-12-11;2*1-2-4-6-5-3-1;;;/h4-10,12-15H,1-3H3;2-7,9H,1H3;1-6,8-9H;2*1-5H;;;/q4*-1;;;;. The fourth-order valence-electron chi connectivity index (χ4n) is 5.33. The summed E-state index contributed by atoms with van der Waals surface area (Å²) in [4.78, 5) is 16.9. The van der Waals surface area contributed by atoms with Crippen LogP contribution in [0.2, 0.25) is 19.6 Å². The Balaban J connectivity index is 0.000000286. The first-order chi connectivity index (χ1) is 28.9. The van der Waals surface area contributed by atoms with E-state index in [1.54, 1.807) is 24.8 Å². The van der Waals surface area contributed by atoms with Crippen molar-refractivity contribution in [3.05, 3.63) is 249 Å². The third kappa shape index (κ3) is 19.3. The summed E-state index contributed by atoms with van der Waals surface area (Å²) in [6.45, 7) is 9.07. The third-order valence-electron chi connectivity index (χ3n) is 8.55. The number of nitrogens with zero attached hydrogens (tertiary/aromatic N) is 4. The number of aromatic nitrogens is 4. The maximum atomic E-state index is 4.65. The van der Waals surface area contributed by atoms with E-state index in [-0.39, 0.29) is 60.3 Å². The molecule has 0 N–H and O–H groups in total. The smallest absolute Gasteiger partial charge is 0.0795 e. The van der Waals surface area contributed by atoms with Crippen molar-refractivity contribution in [2.45, 2.75) is 26.6 Å². The molecule has 0 unspecified atom stereocenters. The van der Waals surface area contributed by atoms with Crippen molar-refractivity contribution in [3.63, 3.8) is 0 Å². The second-order valence-electron chi connectivity index (χ2n) is 14.1. The van der Waals surface area contributed by atoms with E-state index in [4.69, 9.17) is 0 Å². The van der Waals surface area contributed by atoms with Crippen molar-refractivity contribution in [2.75, 3.05) is 0 Å². The molecule has 0 bridgehead atoms. The summed E-state index contributed by atoms with van der Waals surface area (Å²) in [6, 6.07) is 74.5. The molecule has 4 aromatic heterocycles. The van der Waals surface area contributed by atoms with Crippen LogP contribution < -0.4 is 5.19 Å². The molecule has 5 aromatic carbocycles. The summed E-state index contributed by atoms with van der Waals surface area (Å²) in [5.41, 5.74) is 9.70. The van der Waals surface area contributed by atoms with Gasteiger partial charge in [-0.25, -0.2) is 0 Å². The zero-order valence-corrected chi connectivity index (χ0v) is 43.3. The SMILES string of the molecule is C[Si](C)(C)c1ccc(-c2[c-]ccc(-c3ccccc3)c2)nc1.Cc1c[c-]c(-c2ccccn2)cc1.[Ir].[Ir].[Ir].[c-]1ccccc1.[c-]1ccccc1-c1ccccn1.c1ccncc1. The van der Waals surface area contributed by atoms with E-state index >= 15 is 0 Å². The predicted molar refractivity (Wildman–Crippen MR) is 248 cm³/mol. The molecule has 62 heavy (non-hydrogen) atoms. The van der Waals surface area contributed by atoms with Crippen molar-refractivity contribution >= 4 is 13.3 Å². The molecule has 0 fully saturated rings. The molecule has 4 heterocycles. The van der Waals surface area contributed by atoms with Gasteiger partial charge >= 0.3 is 0 Å². The van der Waals surface area contributed by atoms with Gasteiger partial charge < -0.3 is 15.0 Å². The monoisotopic (exact) mass is 1360 g/mol. The van der Waals surface area contributed by atoms with Crippen LogP contribution >= 0.6 is 0 Å². The molecular formula is C54H48Ir3N4Si-4. The zero-order valence-electron chi connectivity index (χ0n) is 35.1. The van der Waals surface area contributed by atoms with Crippen LogP contribution in [-0.2, 0) is 60.3 Å². The van der Waals surface area contributed by atoms with E-state index in [2.05, 4.69) is 125 Å². The minimum absolute atomic E-state index is 0. The Morgan fingerprint density at radius 1 is 0.419 bits per heavy atom. The van der Waals surface area contributed by atoms with Crippen molar-refractivity contribution in [1.82, 2.24) is 19.9 Å². The number of benzene rings is 5. The first-order valence-corrected chi connectivity index (χ1v) is 22.9. The van der Waals surface area contributed by atoms with Crippen molar-refractivity contribution in [2.24, 2.45) is 0 Å². The second kappa shape index (κ2) is 30.0. The molecule has 319 valence electrons. The van der Waals surface area contributed by atoms with E-state index in [9.17, 15) is 0 Å². The van der Waals surface area contributed by atoms with Crippen LogP contribution in [0.25, 0.3) is 44.9 Å². The first-order valence-electron chi connectivity index (χ1n) is 19.4. The van der Waals surface area contributed by atoms with Gasteiger partial charge in [0.1, 0.15) is 0 Å². The zero-order chi connectivity index (χ0) is 41.4. The Bertz CT molecular complexity index is 2320. The molecule has 3 radical (unpaired) electrons. The van der Waals surface area contributed by atoms with Gasteiger partial charge in [0.25, 0.3) is 0 Å². The fourth-order valence-corrected chi connectivity index (χ4v) is 6.37. The summed E-state index contributed by atoms with van der Waals surface area (Å²) in [7, 11) is -1.29. The molecule has 0 spiro atoms. The first kappa shape index (κ1) is 53.0. The molecule has 8 heteroatoms. The summed E-state index contributed by atoms with van der Waals surface area (Å²) in [5.74, 6) is 0. The summed E-state index contributed by atoms with van der Waals surface area (Å²) < 4.78 is 0. The van der Waals surface area contributed by atoms with Crippen LogP contribution in [-0.4, -0.2) is 28.0 Å². The quantitative estimate of drug-likeness (QED) is 0.127. The number of rotatable bonds is 5. The van der Waals surface area contributed by atoms with Gasteiger partial charge in [0.15, 0.2) is 0 Å². The third-order valence-corrected chi connectivity index (χ3v) is 10.6. The molecule has 9 rings (SSSR count). The Morgan fingerprint density at radius 3 is 1.42 bits per heavy atom. The second-order valence-corrected chi connectivity index (χ2v) is 19.2. The van der Waals surface area contributed by atoms with Gasteiger partial charge in [0.05, 0.1) is 8.07 Å². The molecular weight excluding hydrogens is 1310 g/mol. The van der Waals surface area contributed by atoms with Crippen LogP contribution in [0.5, 0.6) is 0 Å². The van der Waals surface area contributed by atoms with Gasteiger partial charge in [-0.1, -0.05) is 99.4 Å². The van der Waals surface area contributed by atoms with Crippen LogP contribution in [0.1, 0.15) is 5.56 Å². The molecule has 0 aliphatic heterocycles. The van der Waals surface area contributed by atoms with E-state index in [0.717, 1.165) is 33.8 Å². The normalized spacial score (nSPS) is 9.55. The molecule has 0 aliphatic carbocycles. The Hall–Kier alpha value is -5.14. The van der Waals surface area contributed by atoms with Gasteiger partial charge in [-0.2, -0.15) is 36.4 Å². The number of hydrogen-bond donors (Lipinski definition) is 0. The summed E-state index contributed by atoms with van der Waals surface area (Å²) in [6.07, 6.45) is 9.11. The van der Waals surface area contributed by atoms with E-state index in [1.807, 2.05) is 140 Å². The average Bonchev–Trinajstić information content (AvgIpc) is 3.32. The largest absolute Gasteiger partial charge is 0.305 e. The van der Waals surface area contributed by atoms with Gasteiger partial charge in [0.2, 0.25) is 0 Å². The van der Waals surface area contributed by atoms with Crippen molar-refractivity contribution < 1.29 is 60.3 Å².